The predicted octanol–water partition coefficient (Wildman–Crippen LogP) is 2.56. The van der Waals surface area contributed by atoms with E-state index in [4.69, 9.17) is 23.1 Å². The zero-order valence-electron chi connectivity index (χ0n) is 7.20. The fraction of sp³-hybridized carbons (Fsp3) is 0.500. The molecule has 0 unspecified atom stereocenters. The lowest BCUT2D eigenvalue weighted by atomic mass is 10.1. The fourth-order valence-corrected chi connectivity index (χ4v) is 2.27. The molecular formula is C8H14Cl2N2S. The highest BCUT2D eigenvalue weighted by Gasteiger charge is 2.10. The van der Waals surface area contributed by atoms with Gasteiger partial charge in [-0.25, -0.2) is 0 Å². The lowest BCUT2D eigenvalue weighted by Gasteiger charge is -2.08. The standard InChI is InChI=1S/C8H13ClN2S.ClH/c9-6-3-5-12-8(6)7(11)2-1-4-10;/h3,5,7H,1-2,4,10-11H2;1H/t7-;/m1./s1. The van der Waals surface area contributed by atoms with E-state index in [-0.39, 0.29) is 18.4 Å². The van der Waals surface area contributed by atoms with Crippen LogP contribution in [0.1, 0.15) is 23.8 Å². The van der Waals surface area contributed by atoms with Crippen LogP contribution in [0.15, 0.2) is 11.4 Å². The Morgan fingerprint density at radius 2 is 2.23 bits per heavy atom. The first-order valence-electron chi connectivity index (χ1n) is 3.94. The Labute approximate surface area is 93.7 Å². The summed E-state index contributed by atoms with van der Waals surface area (Å²) in [6.07, 6.45) is 1.87. The maximum Gasteiger partial charge on any atom is 0.0561 e. The second kappa shape index (κ2) is 6.62. The van der Waals surface area contributed by atoms with Crippen LogP contribution in [-0.4, -0.2) is 6.54 Å². The molecule has 1 rings (SSSR count). The van der Waals surface area contributed by atoms with E-state index in [1.807, 2.05) is 11.4 Å². The van der Waals surface area contributed by atoms with Crippen LogP contribution in [0.2, 0.25) is 5.02 Å². The fourth-order valence-electron chi connectivity index (χ4n) is 1.04. The first-order valence-corrected chi connectivity index (χ1v) is 5.20. The molecule has 1 aromatic heterocycles. The van der Waals surface area contributed by atoms with Crippen LogP contribution < -0.4 is 11.5 Å². The molecule has 2 nitrogen and oxygen atoms in total. The Bertz CT molecular complexity index is 240. The minimum absolute atomic E-state index is 0. The van der Waals surface area contributed by atoms with Crippen molar-refractivity contribution in [3.8, 4) is 0 Å². The van der Waals surface area contributed by atoms with Crippen LogP contribution in [-0.2, 0) is 0 Å². The van der Waals surface area contributed by atoms with Crippen molar-refractivity contribution in [2.24, 2.45) is 11.5 Å². The van der Waals surface area contributed by atoms with Crippen molar-refractivity contribution >= 4 is 35.3 Å². The van der Waals surface area contributed by atoms with Crippen molar-refractivity contribution in [1.29, 1.82) is 0 Å². The van der Waals surface area contributed by atoms with Gasteiger partial charge in [-0.3, -0.25) is 0 Å². The van der Waals surface area contributed by atoms with Crippen LogP contribution in [0.4, 0.5) is 0 Å². The average Bonchev–Trinajstić information content (AvgIpc) is 2.47. The van der Waals surface area contributed by atoms with Gasteiger partial charge in [-0.2, -0.15) is 0 Å². The van der Waals surface area contributed by atoms with Crippen LogP contribution in [0.3, 0.4) is 0 Å². The minimum Gasteiger partial charge on any atom is -0.330 e. The van der Waals surface area contributed by atoms with Gasteiger partial charge in [0.15, 0.2) is 0 Å². The molecule has 0 spiro atoms. The van der Waals surface area contributed by atoms with Crippen LogP contribution in [0.25, 0.3) is 0 Å². The molecule has 0 saturated heterocycles. The second-order valence-electron chi connectivity index (χ2n) is 2.67. The highest BCUT2D eigenvalue weighted by Crippen LogP contribution is 2.29. The van der Waals surface area contributed by atoms with E-state index in [1.54, 1.807) is 11.3 Å². The Hall–Kier alpha value is 0.200. The summed E-state index contributed by atoms with van der Waals surface area (Å²) in [5.41, 5.74) is 11.3. The molecule has 0 fully saturated rings. The molecule has 1 heterocycles. The van der Waals surface area contributed by atoms with Gasteiger partial charge in [0.1, 0.15) is 0 Å². The summed E-state index contributed by atoms with van der Waals surface area (Å²) in [7, 11) is 0. The van der Waals surface area contributed by atoms with E-state index < -0.39 is 0 Å². The van der Waals surface area contributed by atoms with Crippen LogP contribution >= 0.6 is 35.3 Å². The van der Waals surface area contributed by atoms with E-state index in [9.17, 15) is 0 Å². The zero-order valence-corrected chi connectivity index (χ0v) is 9.59. The Kier molecular flexibility index (Phi) is 6.73. The lowest BCUT2D eigenvalue weighted by molar-refractivity contribution is 0.626. The number of hydrogen-bond acceptors (Lipinski definition) is 3. The lowest BCUT2D eigenvalue weighted by Crippen LogP contribution is -2.11. The maximum atomic E-state index is 5.91. The van der Waals surface area contributed by atoms with Gasteiger partial charge >= 0.3 is 0 Å². The van der Waals surface area contributed by atoms with E-state index in [0.29, 0.717) is 6.54 Å². The molecule has 0 aliphatic heterocycles. The van der Waals surface area contributed by atoms with Gasteiger partial charge in [-0.05, 0) is 30.8 Å². The summed E-state index contributed by atoms with van der Waals surface area (Å²) in [5.74, 6) is 0. The smallest absolute Gasteiger partial charge is 0.0561 e. The largest absolute Gasteiger partial charge is 0.330 e. The highest BCUT2D eigenvalue weighted by atomic mass is 35.5. The second-order valence-corrected chi connectivity index (χ2v) is 4.03. The molecule has 0 bridgehead atoms. The minimum atomic E-state index is 0. The predicted molar refractivity (Wildman–Crippen MR) is 61.8 cm³/mol. The van der Waals surface area contributed by atoms with Gasteiger partial charge < -0.3 is 11.5 Å². The molecule has 0 aliphatic rings. The SMILES string of the molecule is Cl.NCCC[C@@H](N)c1sccc1Cl. The molecule has 4 N–H and O–H groups in total. The molecule has 5 heteroatoms. The van der Waals surface area contributed by atoms with Crippen molar-refractivity contribution in [2.75, 3.05) is 6.54 Å². The van der Waals surface area contributed by atoms with Gasteiger partial charge in [0, 0.05) is 10.9 Å². The Morgan fingerprint density at radius 1 is 1.54 bits per heavy atom. The topological polar surface area (TPSA) is 52.0 Å². The zero-order chi connectivity index (χ0) is 8.97. The third-order valence-corrected chi connectivity index (χ3v) is 3.19. The van der Waals surface area contributed by atoms with E-state index >= 15 is 0 Å². The van der Waals surface area contributed by atoms with Gasteiger partial charge in [0.05, 0.1) is 5.02 Å². The third-order valence-electron chi connectivity index (χ3n) is 1.70. The summed E-state index contributed by atoms with van der Waals surface area (Å²) in [4.78, 5) is 1.07. The van der Waals surface area contributed by atoms with Gasteiger partial charge in [0.2, 0.25) is 0 Å². The molecular weight excluding hydrogens is 227 g/mol. The summed E-state index contributed by atoms with van der Waals surface area (Å²) >= 11 is 7.52. The molecule has 0 amide bonds. The summed E-state index contributed by atoms with van der Waals surface area (Å²) in [6, 6.07) is 1.94. The van der Waals surface area contributed by atoms with Crippen LogP contribution in [0, 0.1) is 0 Å². The van der Waals surface area contributed by atoms with Crippen LogP contribution in [0.5, 0.6) is 0 Å². The molecule has 1 atom stereocenters. The number of nitrogens with two attached hydrogens (primary N) is 2. The maximum absolute atomic E-state index is 5.91. The molecule has 1 aromatic rings. The van der Waals surface area contributed by atoms with Crippen molar-refractivity contribution < 1.29 is 0 Å². The summed E-state index contributed by atoms with van der Waals surface area (Å²) in [5, 5.41) is 2.74. The number of halogens is 2. The average molecular weight is 241 g/mol. The number of thiophene rings is 1. The van der Waals surface area contributed by atoms with E-state index in [0.717, 1.165) is 22.7 Å². The molecule has 0 radical (unpaired) electrons. The highest BCUT2D eigenvalue weighted by molar-refractivity contribution is 7.10. The summed E-state index contributed by atoms with van der Waals surface area (Å²) < 4.78 is 0. The molecule has 0 saturated carbocycles. The first-order chi connectivity index (χ1) is 5.75. The number of hydrogen-bond donors (Lipinski definition) is 2. The number of rotatable bonds is 4. The molecule has 0 aromatic carbocycles. The van der Waals surface area contributed by atoms with Crippen molar-refractivity contribution in [2.45, 2.75) is 18.9 Å². The van der Waals surface area contributed by atoms with E-state index in [2.05, 4.69) is 0 Å². The van der Waals surface area contributed by atoms with Gasteiger partial charge in [0.25, 0.3) is 0 Å². The third kappa shape index (κ3) is 3.83. The summed E-state index contributed by atoms with van der Waals surface area (Å²) in [6.45, 7) is 0.691. The Morgan fingerprint density at radius 3 is 2.69 bits per heavy atom. The molecule has 76 valence electrons. The molecule has 0 aliphatic carbocycles. The first kappa shape index (κ1) is 13.2. The van der Waals surface area contributed by atoms with Crippen molar-refractivity contribution in [1.82, 2.24) is 0 Å². The van der Waals surface area contributed by atoms with Crippen molar-refractivity contribution in [3.63, 3.8) is 0 Å². The normalized spacial score (nSPS) is 12.2. The van der Waals surface area contributed by atoms with Gasteiger partial charge in [-0.15, -0.1) is 23.7 Å². The monoisotopic (exact) mass is 240 g/mol. The molecule has 13 heavy (non-hydrogen) atoms. The van der Waals surface area contributed by atoms with Gasteiger partial charge in [-0.1, -0.05) is 11.6 Å². The Balaban J connectivity index is 0.00000144. The van der Waals surface area contributed by atoms with Crippen molar-refractivity contribution in [3.05, 3.63) is 21.3 Å². The quantitative estimate of drug-likeness (QED) is 0.851. The van der Waals surface area contributed by atoms with E-state index in [1.165, 1.54) is 0 Å².